The maximum absolute atomic E-state index is 15.3. The molecule has 6 atom stereocenters. The van der Waals surface area contributed by atoms with Crippen LogP contribution in [-0.2, 0) is 19.6 Å². The standard InChI is InChI=1S/C51H78N12O6/c1-31-18-34(4)61(55-31)40(64)52-37-21-47(9,10)25-49(13,23-37)28-58-43(67)59(29-50(14)24-38(22-48(11,12)26-50)53-41(65)62-35(5)19-32(2)56-62)45(69)60(44(58)68)30-51(15)27-46(7,8)17-16-39(51)54-42(66)63-36(6)20-33(3)57-63/h18-20,37-39H,16-17,21-30H2,1-15H3,(H,52,64)(H,53,65)(H,54,66). The first-order valence-corrected chi connectivity index (χ1v) is 24.8. The number of hydrogen-bond donors (Lipinski definition) is 3. The van der Waals surface area contributed by atoms with Crippen LogP contribution in [0.2, 0.25) is 0 Å². The Morgan fingerprint density at radius 3 is 1.20 bits per heavy atom. The second-order valence-electron chi connectivity index (χ2n) is 25.1. The number of carbonyl (C=O) groups is 3. The number of hydrogen-bond acceptors (Lipinski definition) is 9. The minimum atomic E-state index is -0.805. The van der Waals surface area contributed by atoms with E-state index >= 15 is 14.4 Å². The van der Waals surface area contributed by atoms with Crippen molar-refractivity contribution in [2.75, 3.05) is 0 Å². The number of aromatic nitrogens is 9. The predicted octanol–water partition coefficient (Wildman–Crippen LogP) is 7.14. The normalized spacial score (nSPS) is 27.4. The van der Waals surface area contributed by atoms with Gasteiger partial charge in [0.15, 0.2) is 0 Å². The molecule has 3 fully saturated rings. The Labute approximate surface area is 406 Å². The van der Waals surface area contributed by atoms with Crippen molar-refractivity contribution in [1.29, 1.82) is 0 Å². The molecule has 0 spiro atoms. The van der Waals surface area contributed by atoms with Crippen LogP contribution in [-0.4, -0.2) is 79.3 Å². The second kappa shape index (κ2) is 18.0. The molecule has 4 aromatic rings. The summed E-state index contributed by atoms with van der Waals surface area (Å²) < 4.78 is 7.84. The van der Waals surface area contributed by atoms with Gasteiger partial charge in [-0.25, -0.2) is 42.5 Å². The molecule has 3 amide bonds. The quantitative estimate of drug-likeness (QED) is 0.156. The maximum Gasteiger partial charge on any atom is 0.342 e. The highest BCUT2D eigenvalue weighted by Crippen LogP contribution is 2.49. The van der Waals surface area contributed by atoms with Crippen molar-refractivity contribution in [3.05, 3.63) is 83.8 Å². The molecule has 18 nitrogen and oxygen atoms in total. The molecule has 3 aliphatic rings. The lowest BCUT2D eigenvalue weighted by Gasteiger charge is -2.49. The van der Waals surface area contributed by atoms with Gasteiger partial charge in [-0.3, -0.25) is 0 Å². The van der Waals surface area contributed by atoms with Crippen LogP contribution < -0.4 is 33.0 Å². The van der Waals surface area contributed by atoms with Crippen LogP contribution >= 0.6 is 0 Å². The summed E-state index contributed by atoms with van der Waals surface area (Å²) in [4.78, 5) is 87.0. The molecule has 3 aliphatic carbocycles. The summed E-state index contributed by atoms with van der Waals surface area (Å²) in [7, 11) is 0. The largest absolute Gasteiger partial charge is 0.342 e. The molecule has 4 heterocycles. The molecule has 0 aliphatic heterocycles. The van der Waals surface area contributed by atoms with Gasteiger partial charge < -0.3 is 16.0 Å². The van der Waals surface area contributed by atoms with Crippen molar-refractivity contribution in [2.45, 2.75) is 199 Å². The van der Waals surface area contributed by atoms with Gasteiger partial charge >= 0.3 is 35.2 Å². The van der Waals surface area contributed by atoms with Crippen molar-refractivity contribution < 1.29 is 14.4 Å². The van der Waals surface area contributed by atoms with Gasteiger partial charge in [0.1, 0.15) is 0 Å². The van der Waals surface area contributed by atoms with Gasteiger partial charge in [0, 0.05) is 60.3 Å². The van der Waals surface area contributed by atoms with Crippen molar-refractivity contribution in [2.24, 2.45) is 32.5 Å². The average molecular weight is 955 g/mol. The Balaban J connectivity index is 1.30. The fourth-order valence-corrected chi connectivity index (χ4v) is 13.7. The highest BCUT2D eigenvalue weighted by atomic mass is 16.2. The first-order valence-electron chi connectivity index (χ1n) is 24.8. The van der Waals surface area contributed by atoms with Crippen LogP contribution in [0.3, 0.4) is 0 Å². The van der Waals surface area contributed by atoms with E-state index in [1.54, 1.807) is 0 Å². The first kappa shape index (κ1) is 51.3. The molecule has 69 heavy (non-hydrogen) atoms. The second-order valence-corrected chi connectivity index (χ2v) is 25.1. The summed E-state index contributed by atoms with van der Waals surface area (Å²) in [6.45, 7) is 30.0. The maximum atomic E-state index is 15.3. The third-order valence-corrected chi connectivity index (χ3v) is 15.3. The Bertz CT molecular complexity index is 2700. The molecule has 6 unspecified atom stereocenters. The molecule has 4 aromatic heterocycles. The van der Waals surface area contributed by atoms with E-state index in [0.717, 1.165) is 17.8 Å². The Morgan fingerprint density at radius 1 is 0.507 bits per heavy atom. The molecule has 18 heteroatoms. The minimum Gasteiger partial charge on any atom is -0.333 e. The monoisotopic (exact) mass is 955 g/mol. The Kier molecular flexibility index (Phi) is 13.4. The van der Waals surface area contributed by atoms with Crippen molar-refractivity contribution >= 4 is 18.1 Å². The highest BCUT2D eigenvalue weighted by Gasteiger charge is 2.48. The van der Waals surface area contributed by atoms with Crippen LogP contribution in [0.25, 0.3) is 0 Å². The number of rotatable bonds is 9. The molecular weight excluding hydrogens is 877 g/mol. The van der Waals surface area contributed by atoms with E-state index in [4.69, 9.17) is 0 Å². The smallest absolute Gasteiger partial charge is 0.333 e. The van der Waals surface area contributed by atoms with E-state index in [-0.39, 0.29) is 66.1 Å². The van der Waals surface area contributed by atoms with E-state index in [0.29, 0.717) is 74.1 Å². The summed E-state index contributed by atoms with van der Waals surface area (Å²) in [5.41, 5.74) is -0.702. The lowest BCUT2D eigenvalue weighted by Crippen LogP contribution is -2.61. The zero-order valence-corrected chi connectivity index (χ0v) is 43.9. The molecule has 0 radical (unpaired) electrons. The molecule has 378 valence electrons. The summed E-state index contributed by atoms with van der Waals surface area (Å²) in [5, 5.41) is 22.9. The number of nitrogens with one attached hydrogen (secondary N) is 3. The zero-order valence-electron chi connectivity index (χ0n) is 43.9. The predicted molar refractivity (Wildman–Crippen MR) is 265 cm³/mol. The summed E-state index contributed by atoms with van der Waals surface area (Å²) in [6.07, 6.45) is 5.58. The fraction of sp³-hybridized carbons (Fsp3) is 0.706. The molecule has 0 bridgehead atoms. The highest BCUT2D eigenvalue weighted by molar-refractivity contribution is 5.78. The van der Waals surface area contributed by atoms with E-state index in [1.807, 2.05) is 66.7 Å². The molecule has 3 saturated carbocycles. The van der Waals surface area contributed by atoms with E-state index in [2.05, 4.69) is 86.6 Å². The van der Waals surface area contributed by atoms with Crippen molar-refractivity contribution in [1.82, 2.24) is 59.0 Å². The molecular formula is C51H78N12O6. The third kappa shape index (κ3) is 11.1. The molecule has 3 N–H and O–H groups in total. The molecule has 7 rings (SSSR count). The van der Waals surface area contributed by atoms with Gasteiger partial charge in [0.25, 0.3) is 0 Å². The minimum absolute atomic E-state index is 0.00444. The number of carbonyl (C=O) groups excluding carboxylic acids is 3. The Hall–Kier alpha value is -5.55. The van der Waals surface area contributed by atoms with Crippen molar-refractivity contribution in [3.63, 3.8) is 0 Å². The van der Waals surface area contributed by atoms with Crippen LogP contribution in [0.1, 0.15) is 154 Å². The Morgan fingerprint density at radius 2 is 0.855 bits per heavy atom. The average Bonchev–Trinajstić information content (AvgIpc) is 3.85. The fourth-order valence-electron chi connectivity index (χ4n) is 13.7. The van der Waals surface area contributed by atoms with Crippen LogP contribution in [0.4, 0.5) is 14.4 Å². The van der Waals surface area contributed by atoms with Crippen molar-refractivity contribution in [3.8, 4) is 0 Å². The van der Waals surface area contributed by atoms with E-state index < -0.39 is 39.4 Å². The van der Waals surface area contributed by atoms with Crippen LogP contribution in [0.5, 0.6) is 0 Å². The van der Waals surface area contributed by atoms with Gasteiger partial charge in [0.2, 0.25) is 0 Å². The number of amides is 3. The molecule has 0 saturated heterocycles. The van der Waals surface area contributed by atoms with Gasteiger partial charge in [-0.15, -0.1) is 0 Å². The number of aryl methyl sites for hydroxylation is 6. The van der Waals surface area contributed by atoms with Gasteiger partial charge in [-0.1, -0.05) is 62.3 Å². The number of nitrogens with zero attached hydrogens (tertiary/aromatic N) is 9. The van der Waals surface area contributed by atoms with Gasteiger partial charge in [0.05, 0.1) is 17.1 Å². The summed E-state index contributed by atoms with van der Waals surface area (Å²) >= 11 is 0. The van der Waals surface area contributed by atoms with Crippen LogP contribution in [0.15, 0.2) is 32.6 Å². The topological polar surface area (TPSA) is 207 Å². The third-order valence-electron chi connectivity index (χ3n) is 15.3. The SMILES string of the molecule is Cc1cc(C)n(C(=O)NC2CC(C)(C)CC(C)(Cn3c(=O)n(CC4(C)CC(NC(=O)n5nc(C)cc5C)CC(C)(C)C4)c(=O)n(CC4(C)CC(C)(C)CCC4NC(=O)n4nc(C)cc4C)c3=O)C2)n1. The van der Waals surface area contributed by atoms with E-state index in [9.17, 15) is 14.4 Å². The van der Waals surface area contributed by atoms with E-state index in [1.165, 1.54) is 27.7 Å². The lowest BCUT2D eigenvalue weighted by molar-refractivity contribution is 0.0373. The lowest BCUT2D eigenvalue weighted by atomic mass is 9.61. The summed E-state index contributed by atoms with van der Waals surface area (Å²) in [5.74, 6) is 0. The first-order chi connectivity index (χ1) is 31.8. The van der Waals surface area contributed by atoms with Crippen LogP contribution in [0, 0.1) is 74.0 Å². The van der Waals surface area contributed by atoms with Gasteiger partial charge in [-0.2, -0.15) is 29.3 Å². The molecule has 0 aromatic carbocycles. The zero-order chi connectivity index (χ0) is 51.0. The summed E-state index contributed by atoms with van der Waals surface area (Å²) in [6, 6.07) is 3.45. The van der Waals surface area contributed by atoms with Gasteiger partial charge in [-0.05, 0) is 145 Å².